The molecule has 0 saturated heterocycles. The van der Waals surface area contributed by atoms with Gasteiger partial charge in [0, 0.05) is 22.5 Å². The summed E-state index contributed by atoms with van der Waals surface area (Å²) in [6.07, 6.45) is 0. The van der Waals surface area contributed by atoms with Gasteiger partial charge in [0.2, 0.25) is 0 Å². The molecule has 26 heavy (non-hydrogen) atoms. The number of benzene rings is 2. The van der Waals surface area contributed by atoms with E-state index in [4.69, 9.17) is 32.9 Å². The first-order valence-corrected chi connectivity index (χ1v) is 9.67. The molecule has 0 amide bonds. The Morgan fingerprint density at radius 1 is 1.08 bits per heavy atom. The fourth-order valence-corrected chi connectivity index (χ4v) is 4.02. The zero-order valence-electron chi connectivity index (χ0n) is 14.4. The quantitative estimate of drug-likeness (QED) is 0.449. The lowest BCUT2D eigenvalue weighted by atomic mass is 10.2. The summed E-state index contributed by atoms with van der Waals surface area (Å²) < 4.78 is 7.62. The number of thiazole rings is 1. The Labute approximate surface area is 173 Å². The molecule has 0 N–H and O–H groups in total. The molecule has 1 aromatic heterocycles. The molecule has 7 heteroatoms. The van der Waals surface area contributed by atoms with Gasteiger partial charge in [0.25, 0.3) is 0 Å². The summed E-state index contributed by atoms with van der Waals surface area (Å²) in [6, 6.07) is 13.3. The normalized spacial score (nSPS) is 11.3. The molecule has 0 bridgehead atoms. The van der Waals surface area contributed by atoms with Gasteiger partial charge in [0.15, 0.2) is 4.80 Å². The largest absolute Gasteiger partial charge is 0.494 e. The van der Waals surface area contributed by atoms with E-state index in [0.29, 0.717) is 16.7 Å². The Morgan fingerprint density at radius 3 is 2.42 bits per heavy atom. The highest BCUT2D eigenvalue weighted by atomic mass is 35.5. The predicted octanol–water partition coefficient (Wildman–Crippen LogP) is 6.60. The van der Waals surface area contributed by atoms with Crippen molar-refractivity contribution < 1.29 is 4.74 Å². The monoisotopic (exact) mass is 428 g/mol. The third-order valence-electron chi connectivity index (χ3n) is 3.69. The molecule has 0 aliphatic heterocycles. The van der Waals surface area contributed by atoms with E-state index in [-0.39, 0.29) is 12.4 Å². The number of rotatable bonds is 5. The van der Waals surface area contributed by atoms with Crippen LogP contribution in [0.2, 0.25) is 10.0 Å². The van der Waals surface area contributed by atoms with Crippen LogP contribution in [0, 0.1) is 0 Å². The molecular weight excluding hydrogens is 411 g/mol. The minimum Gasteiger partial charge on any atom is -0.494 e. The van der Waals surface area contributed by atoms with Gasteiger partial charge in [-0.05, 0) is 56.3 Å². The molecular formula is C19H19Cl3N2OS. The van der Waals surface area contributed by atoms with E-state index in [1.54, 1.807) is 17.4 Å². The number of hydrogen-bond donors (Lipinski definition) is 0. The van der Waals surface area contributed by atoms with Crippen LogP contribution in [0.3, 0.4) is 0 Å². The molecule has 3 aromatic rings. The number of ether oxygens (including phenoxy) is 1. The van der Waals surface area contributed by atoms with Crippen LogP contribution in [0.4, 0.5) is 5.69 Å². The second-order valence-electron chi connectivity index (χ2n) is 5.31. The summed E-state index contributed by atoms with van der Waals surface area (Å²) in [4.78, 5) is 5.69. The lowest BCUT2D eigenvalue weighted by Gasteiger charge is -2.08. The zero-order chi connectivity index (χ0) is 17.8. The Kier molecular flexibility index (Phi) is 7.59. The summed E-state index contributed by atoms with van der Waals surface area (Å²) in [5.74, 6) is 0.852. The van der Waals surface area contributed by atoms with E-state index >= 15 is 0 Å². The summed E-state index contributed by atoms with van der Waals surface area (Å²) in [5, 5.41) is 3.35. The SMILES string of the molecule is CCOc1ccc(N=c2scc(-c3ccc(Cl)cc3Cl)n2CC)cc1.Cl. The third-order valence-corrected chi connectivity index (χ3v) is 5.10. The van der Waals surface area contributed by atoms with Gasteiger partial charge < -0.3 is 9.30 Å². The van der Waals surface area contributed by atoms with E-state index in [1.165, 1.54) is 0 Å². The maximum Gasteiger partial charge on any atom is 0.190 e. The highest BCUT2D eigenvalue weighted by Gasteiger charge is 2.10. The molecule has 0 aliphatic rings. The summed E-state index contributed by atoms with van der Waals surface area (Å²) in [7, 11) is 0. The summed E-state index contributed by atoms with van der Waals surface area (Å²) in [5.41, 5.74) is 2.89. The van der Waals surface area contributed by atoms with E-state index in [0.717, 1.165) is 34.0 Å². The minimum absolute atomic E-state index is 0. The number of aromatic nitrogens is 1. The molecule has 0 saturated carbocycles. The topological polar surface area (TPSA) is 26.5 Å². The molecule has 3 rings (SSSR count). The maximum atomic E-state index is 6.37. The van der Waals surface area contributed by atoms with E-state index in [9.17, 15) is 0 Å². The molecule has 3 nitrogen and oxygen atoms in total. The Bertz CT molecular complexity index is 933. The van der Waals surface area contributed by atoms with Crippen LogP contribution in [-0.4, -0.2) is 11.2 Å². The van der Waals surface area contributed by atoms with Crippen molar-refractivity contribution >= 4 is 52.6 Å². The Hall–Kier alpha value is -1.46. The molecule has 0 radical (unpaired) electrons. The van der Waals surface area contributed by atoms with Crippen molar-refractivity contribution in [2.75, 3.05) is 6.61 Å². The fraction of sp³-hybridized carbons (Fsp3) is 0.211. The van der Waals surface area contributed by atoms with E-state index in [1.807, 2.05) is 43.3 Å². The van der Waals surface area contributed by atoms with Gasteiger partial charge in [-0.3, -0.25) is 0 Å². The average Bonchev–Trinajstić information content (AvgIpc) is 2.99. The van der Waals surface area contributed by atoms with Crippen molar-refractivity contribution in [3.05, 3.63) is 62.7 Å². The maximum absolute atomic E-state index is 6.37. The molecule has 0 atom stereocenters. The molecule has 2 aromatic carbocycles. The van der Waals surface area contributed by atoms with Gasteiger partial charge >= 0.3 is 0 Å². The van der Waals surface area contributed by atoms with Gasteiger partial charge in [-0.2, -0.15) is 0 Å². The van der Waals surface area contributed by atoms with Crippen molar-refractivity contribution in [1.82, 2.24) is 4.57 Å². The van der Waals surface area contributed by atoms with Crippen molar-refractivity contribution in [3.63, 3.8) is 0 Å². The van der Waals surface area contributed by atoms with Gasteiger partial charge in [-0.15, -0.1) is 23.7 Å². The molecule has 138 valence electrons. The molecule has 0 aliphatic carbocycles. The second-order valence-corrected chi connectivity index (χ2v) is 6.99. The fourth-order valence-electron chi connectivity index (χ4n) is 2.53. The minimum atomic E-state index is 0. The highest BCUT2D eigenvalue weighted by Crippen LogP contribution is 2.30. The van der Waals surface area contributed by atoms with Crippen molar-refractivity contribution in [1.29, 1.82) is 0 Å². The van der Waals surface area contributed by atoms with Crippen molar-refractivity contribution in [2.45, 2.75) is 20.4 Å². The van der Waals surface area contributed by atoms with E-state index < -0.39 is 0 Å². The molecule has 1 heterocycles. The molecule has 0 unspecified atom stereocenters. The van der Waals surface area contributed by atoms with Crippen molar-refractivity contribution in [2.24, 2.45) is 4.99 Å². The number of hydrogen-bond acceptors (Lipinski definition) is 3. The lowest BCUT2D eigenvalue weighted by Crippen LogP contribution is -2.14. The highest BCUT2D eigenvalue weighted by molar-refractivity contribution is 7.07. The average molecular weight is 430 g/mol. The lowest BCUT2D eigenvalue weighted by molar-refractivity contribution is 0.340. The standard InChI is InChI=1S/C19H18Cl2N2OS.ClH/c1-3-23-18(16-10-5-13(20)11-17(16)21)12-25-19(23)22-14-6-8-15(9-7-14)24-4-2;/h5-12H,3-4H2,1-2H3;1H. The summed E-state index contributed by atoms with van der Waals surface area (Å²) >= 11 is 14.0. The van der Waals surface area contributed by atoms with Gasteiger partial charge in [-0.1, -0.05) is 23.2 Å². The van der Waals surface area contributed by atoms with Gasteiger partial charge in [0.05, 0.1) is 23.0 Å². The smallest absolute Gasteiger partial charge is 0.190 e. The Balaban J connectivity index is 0.00000243. The van der Waals surface area contributed by atoms with Crippen LogP contribution in [0.15, 0.2) is 52.8 Å². The number of nitrogens with zero attached hydrogens (tertiary/aromatic N) is 2. The third kappa shape index (κ3) is 4.63. The van der Waals surface area contributed by atoms with Gasteiger partial charge in [0.1, 0.15) is 5.75 Å². The van der Waals surface area contributed by atoms with Crippen LogP contribution in [0.1, 0.15) is 13.8 Å². The van der Waals surface area contributed by atoms with Crippen LogP contribution in [0.25, 0.3) is 11.3 Å². The summed E-state index contributed by atoms with van der Waals surface area (Å²) in [6.45, 7) is 5.52. The first-order valence-electron chi connectivity index (χ1n) is 8.03. The second kappa shape index (κ2) is 9.47. The van der Waals surface area contributed by atoms with Crippen LogP contribution >= 0.6 is 46.9 Å². The number of halogens is 3. The molecule has 0 spiro atoms. The first-order chi connectivity index (χ1) is 12.1. The van der Waals surface area contributed by atoms with Gasteiger partial charge in [-0.25, -0.2) is 4.99 Å². The van der Waals surface area contributed by atoms with Crippen LogP contribution in [-0.2, 0) is 6.54 Å². The van der Waals surface area contributed by atoms with Crippen LogP contribution < -0.4 is 9.54 Å². The first kappa shape index (κ1) is 20.8. The van der Waals surface area contributed by atoms with Crippen molar-refractivity contribution in [3.8, 4) is 17.0 Å². The van der Waals surface area contributed by atoms with Crippen LogP contribution in [0.5, 0.6) is 5.75 Å². The molecule has 0 fully saturated rings. The Morgan fingerprint density at radius 2 is 1.81 bits per heavy atom. The zero-order valence-corrected chi connectivity index (χ0v) is 17.6. The predicted molar refractivity (Wildman–Crippen MR) is 114 cm³/mol. The van der Waals surface area contributed by atoms with E-state index in [2.05, 4.69) is 16.9 Å².